The van der Waals surface area contributed by atoms with E-state index in [0.29, 0.717) is 12.2 Å². The third-order valence-electron chi connectivity index (χ3n) is 2.41. The van der Waals surface area contributed by atoms with Gasteiger partial charge in [0.05, 0.1) is 12.8 Å². The van der Waals surface area contributed by atoms with Gasteiger partial charge in [-0.05, 0) is 25.5 Å². The molecule has 0 aliphatic rings. The van der Waals surface area contributed by atoms with Crippen LogP contribution in [0.15, 0.2) is 42.0 Å². The summed E-state index contributed by atoms with van der Waals surface area (Å²) >= 11 is 0. The molecule has 1 atom stereocenters. The fourth-order valence-corrected chi connectivity index (χ4v) is 2.59. The van der Waals surface area contributed by atoms with E-state index in [1.807, 2.05) is 31.2 Å². The Balaban J connectivity index is 2.60. The highest BCUT2D eigenvalue weighted by Gasteiger charge is 2.23. The van der Waals surface area contributed by atoms with E-state index in [2.05, 4.69) is 0 Å². The predicted molar refractivity (Wildman–Crippen MR) is 72.0 cm³/mol. The van der Waals surface area contributed by atoms with E-state index < -0.39 is 7.60 Å². The Morgan fingerprint density at radius 3 is 2.61 bits per heavy atom. The molecule has 5 heteroatoms. The number of aliphatic hydroxyl groups excluding tert-OH is 1. The van der Waals surface area contributed by atoms with Gasteiger partial charge in [-0.2, -0.15) is 0 Å². The Kier molecular flexibility index (Phi) is 6.13. The zero-order valence-corrected chi connectivity index (χ0v) is 11.6. The molecule has 0 heterocycles. The molecule has 0 spiro atoms. The van der Waals surface area contributed by atoms with Crippen LogP contribution in [0.2, 0.25) is 0 Å². The van der Waals surface area contributed by atoms with E-state index in [9.17, 15) is 4.57 Å². The van der Waals surface area contributed by atoms with Gasteiger partial charge in [0.15, 0.2) is 0 Å². The second kappa shape index (κ2) is 7.37. The molecule has 0 fully saturated rings. The Bertz CT molecular complexity index is 428. The first-order chi connectivity index (χ1) is 8.59. The molecule has 100 valence electrons. The molecule has 1 aromatic rings. The number of hydrogen-bond donors (Lipinski definition) is 1. The van der Waals surface area contributed by atoms with Crippen LogP contribution in [0.5, 0.6) is 5.75 Å². The summed E-state index contributed by atoms with van der Waals surface area (Å²) in [7, 11) is -1.73. The van der Waals surface area contributed by atoms with Gasteiger partial charge in [-0.3, -0.25) is 0 Å². The van der Waals surface area contributed by atoms with Crippen LogP contribution in [-0.2, 0) is 9.09 Å². The molecule has 0 aliphatic heterocycles. The number of para-hydroxylation sites is 1. The Morgan fingerprint density at radius 1 is 1.39 bits per heavy atom. The van der Waals surface area contributed by atoms with E-state index in [1.165, 1.54) is 7.11 Å². The van der Waals surface area contributed by atoms with Crippen molar-refractivity contribution in [2.75, 3.05) is 19.9 Å². The summed E-state index contributed by atoms with van der Waals surface area (Å²) in [6, 6.07) is 8.95. The molecule has 0 saturated carbocycles. The van der Waals surface area contributed by atoms with Crippen LogP contribution in [0.3, 0.4) is 0 Å². The molecule has 1 aromatic carbocycles. The minimum absolute atomic E-state index is 0.0107. The lowest BCUT2D eigenvalue weighted by Crippen LogP contribution is -2.00. The highest BCUT2D eigenvalue weighted by atomic mass is 31.2. The highest BCUT2D eigenvalue weighted by molar-refractivity contribution is 7.54. The van der Waals surface area contributed by atoms with Crippen LogP contribution < -0.4 is 4.52 Å². The van der Waals surface area contributed by atoms with Gasteiger partial charge in [0.1, 0.15) is 5.75 Å². The number of hydrogen-bond acceptors (Lipinski definition) is 4. The molecular weight excluding hydrogens is 251 g/mol. The van der Waals surface area contributed by atoms with Gasteiger partial charge in [0.2, 0.25) is 0 Å². The lowest BCUT2D eigenvalue weighted by Gasteiger charge is -2.16. The van der Waals surface area contributed by atoms with Gasteiger partial charge in [0.25, 0.3) is 0 Å². The SMILES string of the molecule is COP(=O)(CC/C=C(\C)CO)Oc1ccccc1. The molecule has 0 aromatic heterocycles. The van der Waals surface area contributed by atoms with Crippen LogP contribution >= 0.6 is 7.60 Å². The van der Waals surface area contributed by atoms with Crippen LogP contribution in [0.4, 0.5) is 0 Å². The second-order valence-electron chi connectivity index (χ2n) is 3.92. The molecule has 0 amide bonds. The van der Waals surface area contributed by atoms with E-state index >= 15 is 0 Å². The normalized spacial score (nSPS) is 15.2. The summed E-state index contributed by atoms with van der Waals surface area (Å²) in [4.78, 5) is 0. The number of rotatable bonds is 7. The molecule has 1 rings (SSSR count). The second-order valence-corrected chi connectivity index (χ2v) is 6.14. The van der Waals surface area contributed by atoms with Crippen molar-refractivity contribution in [3.8, 4) is 5.75 Å². The van der Waals surface area contributed by atoms with Crippen LogP contribution in [0.1, 0.15) is 13.3 Å². The van der Waals surface area contributed by atoms with E-state index in [-0.39, 0.29) is 12.8 Å². The van der Waals surface area contributed by atoms with Gasteiger partial charge < -0.3 is 14.2 Å². The zero-order chi connectivity index (χ0) is 13.4. The minimum Gasteiger partial charge on any atom is -0.424 e. The lowest BCUT2D eigenvalue weighted by molar-refractivity contribution is 0.321. The van der Waals surface area contributed by atoms with Crippen molar-refractivity contribution in [3.63, 3.8) is 0 Å². The van der Waals surface area contributed by atoms with E-state index in [4.69, 9.17) is 14.2 Å². The Hall–Kier alpha value is -1.09. The molecule has 0 saturated heterocycles. The summed E-state index contributed by atoms with van der Waals surface area (Å²) < 4.78 is 22.7. The fraction of sp³-hybridized carbons (Fsp3) is 0.385. The maximum absolute atomic E-state index is 12.3. The molecule has 18 heavy (non-hydrogen) atoms. The average Bonchev–Trinajstić information content (AvgIpc) is 2.39. The Labute approximate surface area is 108 Å². The third kappa shape index (κ3) is 5.05. The van der Waals surface area contributed by atoms with Crippen molar-refractivity contribution in [2.45, 2.75) is 13.3 Å². The molecule has 4 nitrogen and oxygen atoms in total. The van der Waals surface area contributed by atoms with Crippen molar-refractivity contribution in [2.24, 2.45) is 0 Å². The van der Waals surface area contributed by atoms with Crippen molar-refractivity contribution in [1.29, 1.82) is 0 Å². The first-order valence-corrected chi connectivity index (χ1v) is 7.48. The number of aliphatic hydroxyl groups is 1. The van der Waals surface area contributed by atoms with Gasteiger partial charge in [-0.25, -0.2) is 4.57 Å². The van der Waals surface area contributed by atoms with E-state index in [1.54, 1.807) is 12.1 Å². The third-order valence-corrected chi connectivity index (χ3v) is 4.26. The molecular formula is C13H19O4P. The van der Waals surface area contributed by atoms with Crippen molar-refractivity contribution in [3.05, 3.63) is 42.0 Å². The number of allylic oxidation sites excluding steroid dienone is 1. The number of benzene rings is 1. The summed E-state index contributed by atoms with van der Waals surface area (Å²) in [5.41, 5.74) is 0.845. The maximum Gasteiger partial charge on any atom is 0.379 e. The quantitative estimate of drug-likeness (QED) is 0.610. The topological polar surface area (TPSA) is 55.8 Å². The van der Waals surface area contributed by atoms with Crippen LogP contribution in [0.25, 0.3) is 0 Å². The van der Waals surface area contributed by atoms with Gasteiger partial charge in [-0.15, -0.1) is 0 Å². The van der Waals surface area contributed by atoms with Gasteiger partial charge in [0, 0.05) is 7.11 Å². The summed E-state index contributed by atoms with van der Waals surface area (Å²) in [5, 5.41) is 8.86. The summed E-state index contributed by atoms with van der Waals surface area (Å²) in [6.07, 6.45) is 2.67. The predicted octanol–water partition coefficient (Wildman–Crippen LogP) is 3.23. The molecule has 0 radical (unpaired) electrons. The molecule has 0 bridgehead atoms. The van der Waals surface area contributed by atoms with Crippen molar-refractivity contribution >= 4 is 7.60 Å². The Morgan fingerprint density at radius 2 is 2.06 bits per heavy atom. The van der Waals surface area contributed by atoms with Crippen molar-refractivity contribution < 1.29 is 18.7 Å². The largest absolute Gasteiger partial charge is 0.424 e. The van der Waals surface area contributed by atoms with Crippen LogP contribution in [-0.4, -0.2) is 25.0 Å². The van der Waals surface area contributed by atoms with Gasteiger partial charge in [-0.1, -0.05) is 29.8 Å². The lowest BCUT2D eigenvalue weighted by atomic mass is 10.3. The molecule has 1 unspecified atom stereocenters. The zero-order valence-electron chi connectivity index (χ0n) is 10.7. The average molecular weight is 270 g/mol. The highest BCUT2D eigenvalue weighted by Crippen LogP contribution is 2.47. The minimum atomic E-state index is -3.12. The molecule has 1 N–H and O–H groups in total. The molecule has 0 aliphatic carbocycles. The smallest absolute Gasteiger partial charge is 0.379 e. The standard InChI is InChI=1S/C13H19O4P/c1-12(11-14)7-6-10-18(15,16-2)17-13-8-4-3-5-9-13/h3-5,7-9,14H,6,10-11H2,1-2H3/b12-7+. The fourth-order valence-electron chi connectivity index (χ4n) is 1.35. The van der Waals surface area contributed by atoms with E-state index in [0.717, 1.165) is 5.57 Å². The first-order valence-electron chi connectivity index (χ1n) is 5.75. The monoisotopic (exact) mass is 270 g/mol. The van der Waals surface area contributed by atoms with Crippen molar-refractivity contribution in [1.82, 2.24) is 0 Å². The summed E-state index contributed by atoms with van der Waals surface area (Å²) in [5.74, 6) is 0.533. The summed E-state index contributed by atoms with van der Waals surface area (Å²) in [6.45, 7) is 1.83. The maximum atomic E-state index is 12.3. The van der Waals surface area contributed by atoms with Crippen LogP contribution in [0, 0.1) is 0 Å². The first kappa shape index (κ1) is 15.0. The van der Waals surface area contributed by atoms with Gasteiger partial charge >= 0.3 is 7.60 Å².